The molecule has 2 aromatic rings. The molecule has 2 heterocycles. The van der Waals surface area contributed by atoms with Crippen LogP contribution < -0.4 is 5.73 Å². The number of carbonyl (C=O) groups is 3. The van der Waals surface area contributed by atoms with Crippen molar-refractivity contribution in [1.29, 1.82) is 0 Å². The minimum atomic E-state index is -0.517. The van der Waals surface area contributed by atoms with Gasteiger partial charge in [-0.1, -0.05) is 12.8 Å². The van der Waals surface area contributed by atoms with Crippen molar-refractivity contribution in [2.24, 2.45) is 11.7 Å². The van der Waals surface area contributed by atoms with Crippen molar-refractivity contribution >= 4 is 17.7 Å². The summed E-state index contributed by atoms with van der Waals surface area (Å²) in [5.74, 6) is -0.0250. The Kier molecular flexibility index (Phi) is 4.90. The van der Waals surface area contributed by atoms with E-state index in [1.54, 1.807) is 35.2 Å². The highest BCUT2D eigenvalue weighted by Gasteiger charge is 2.37. The molecule has 1 saturated carbocycles. The van der Waals surface area contributed by atoms with Gasteiger partial charge in [-0.05, 0) is 42.7 Å². The fourth-order valence-corrected chi connectivity index (χ4v) is 3.76. The largest absolute Gasteiger partial charge is 0.472 e. The van der Waals surface area contributed by atoms with Crippen LogP contribution in [-0.2, 0) is 0 Å². The fraction of sp³-hybridized carbons (Fsp3) is 0.381. The second-order valence-corrected chi connectivity index (χ2v) is 7.54. The van der Waals surface area contributed by atoms with Gasteiger partial charge in [0.1, 0.15) is 6.26 Å². The summed E-state index contributed by atoms with van der Waals surface area (Å²) in [7, 11) is 0. The number of nitrogens with zero attached hydrogens (tertiary/aromatic N) is 2. The molecule has 0 bridgehead atoms. The molecule has 28 heavy (non-hydrogen) atoms. The Labute approximate surface area is 163 Å². The van der Waals surface area contributed by atoms with E-state index >= 15 is 0 Å². The van der Waals surface area contributed by atoms with Gasteiger partial charge in [-0.15, -0.1) is 0 Å². The van der Waals surface area contributed by atoms with E-state index in [1.165, 1.54) is 25.4 Å². The Bertz CT molecular complexity index is 872. The molecule has 1 atom stereocenters. The number of amides is 3. The summed E-state index contributed by atoms with van der Waals surface area (Å²) >= 11 is 0. The van der Waals surface area contributed by atoms with Crippen LogP contribution in [0, 0.1) is 5.92 Å². The molecule has 7 nitrogen and oxygen atoms in total. The van der Waals surface area contributed by atoms with E-state index in [4.69, 9.17) is 10.2 Å². The summed E-state index contributed by atoms with van der Waals surface area (Å²) in [5, 5.41) is 0. The lowest BCUT2D eigenvalue weighted by Crippen LogP contribution is -2.56. The van der Waals surface area contributed by atoms with Crippen LogP contribution >= 0.6 is 0 Å². The molecule has 2 N–H and O–H groups in total. The number of carbonyl (C=O) groups excluding carboxylic acids is 3. The molecule has 0 radical (unpaired) electrons. The summed E-state index contributed by atoms with van der Waals surface area (Å²) < 4.78 is 5.03. The first-order chi connectivity index (χ1) is 13.5. The number of primary amides is 1. The van der Waals surface area contributed by atoms with Crippen molar-refractivity contribution in [1.82, 2.24) is 9.80 Å². The van der Waals surface area contributed by atoms with Crippen LogP contribution in [0.15, 0.2) is 47.3 Å². The number of nitrogens with two attached hydrogens (primary N) is 1. The van der Waals surface area contributed by atoms with Gasteiger partial charge in [-0.25, -0.2) is 0 Å². The first kappa shape index (κ1) is 18.3. The van der Waals surface area contributed by atoms with Gasteiger partial charge in [0.2, 0.25) is 5.91 Å². The second-order valence-electron chi connectivity index (χ2n) is 7.54. The Morgan fingerprint density at radius 2 is 1.68 bits per heavy atom. The van der Waals surface area contributed by atoms with Gasteiger partial charge in [0, 0.05) is 36.8 Å². The van der Waals surface area contributed by atoms with Crippen LogP contribution in [0.5, 0.6) is 0 Å². The van der Waals surface area contributed by atoms with Gasteiger partial charge in [0.05, 0.1) is 11.8 Å². The molecule has 2 aliphatic rings. The molecule has 2 fully saturated rings. The molecular weight excluding hydrogens is 358 g/mol. The van der Waals surface area contributed by atoms with Gasteiger partial charge in [0.15, 0.2) is 0 Å². The Morgan fingerprint density at radius 1 is 0.964 bits per heavy atom. The van der Waals surface area contributed by atoms with E-state index in [1.807, 2.05) is 4.90 Å². The Morgan fingerprint density at radius 3 is 2.29 bits per heavy atom. The van der Waals surface area contributed by atoms with Crippen molar-refractivity contribution in [3.8, 4) is 0 Å². The van der Waals surface area contributed by atoms with Crippen LogP contribution in [0.3, 0.4) is 0 Å². The molecule has 1 aliphatic heterocycles. The smallest absolute Gasteiger partial charge is 0.257 e. The molecule has 3 amide bonds. The molecule has 1 unspecified atom stereocenters. The van der Waals surface area contributed by atoms with E-state index < -0.39 is 5.91 Å². The van der Waals surface area contributed by atoms with E-state index in [0.717, 1.165) is 6.42 Å². The van der Waals surface area contributed by atoms with Crippen LogP contribution in [0.2, 0.25) is 0 Å². The molecule has 1 aliphatic carbocycles. The third kappa shape index (κ3) is 3.78. The zero-order chi connectivity index (χ0) is 19.7. The lowest BCUT2D eigenvalue weighted by Gasteiger charge is -2.41. The maximum atomic E-state index is 13.1. The van der Waals surface area contributed by atoms with Gasteiger partial charge in [-0.2, -0.15) is 0 Å². The Hall–Kier alpha value is -3.09. The quantitative estimate of drug-likeness (QED) is 0.858. The van der Waals surface area contributed by atoms with Gasteiger partial charge < -0.3 is 20.0 Å². The molecule has 4 rings (SSSR count). The van der Waals surface area contributed by atoms with Crippen LogP contribution in [0.25, 0.3) is 0 Å². The topological polar surface area (TPSA) is 96.9 Å². The lowest BCUT2D eigenvalue weighted by molar-refractivity contribution is 0.0362. The summed E-state index contributed by atoms with van der Waals surface area (Å²) in [5.41, 5.74) is 6.71. The van der Waals surface area contributed by atoms with Crippen molar-refractivity contribution in [2.45, 2.75) is 25.3 Å². The number of hydrogen-bond acceptors (Lipinski definition) is 4. The maximum Gasteiger partial charge on any atom is 0.257 e. The van der Waals surface area contributed by atoms with Crippen LogP contribution in [-0.4, -0.2) is 53.2 Å². The maximum absolute atomic E-state index is 13.1. The third-order valence-corrected chi connectivity index (χ3v) is 5.52. The third-order valence-electron chi connectivity index (χ3n) is 5.52. The highest BCUT2D eigenvalue weighted by molar-refractivity contribution is 5.98. The highest BCUT2D eigenvalue weighted by atomic mass is 16.3. The fourth-order valence-electron chi connectivity index (χ4n) is 3.76. The van der Waals surface area contributed by atoms with Crippen LogP contribution in [0.1, 0.15) is 50.3 Å². The number of hydrogen-bond donors (Lipinski definition) is 1. The zero-order valence-corrected chi connectivity index (χ0v) is 15.5. The monoisotopic (exact) mass is 381 g/mol. The minimum absolute atomic E-state index is 0.0135. The number of rotatable bonds is 5. The summed E-state index contributed by atoms with van der Waals surface area (Å²) in [4.78, 5) is 40.7. The van der Waals surface area contributed by atoms with E-state index in [-0.39, 0.29) is 17.9 Å². The predicted octanol–water partition coefficient (Wildman–Crippen LogP) is 2.15. The van der Waals surface area contributed by atoms with E-state index in [2.05, 4.69) is 0 Å². The molecule has 1 saturated heterocycles. The normalized spacial score (nSPS) is 19.5. The predicted molar refractivity (Wildman–Crippen MR) is 102 cm³/mol. The molecule has 7 heteroatoms. The lowest BCUT2D eigenvalue weighted by atomic mass is 10.0. The average molecular weight is 381 g/mol. The minimum Gasteiger partial charge on any atom is -0.472 e. The standard InChI is InChI=1S/C21H23N3O4/c22-19(25)15-3-5-16(6-4-15)21(27)24-9-8-23(12-18(24)11-14-1-2-14)20(26)17-7-10-28-13-17/h3-7,10,13-14,18H,1-2,8-9,11-12H2,(H2,22,25). The number of furan rings is 1. The van der Waals surface area contributed by atoms with Crippen molar-refractivity contribution in [3.63, 3.8) is 0 Å². The van der Waals surface area contributed by atoms with Crippen molar-refractivity contribution in [3.05, 3.63) is 59.5 Å². The molecule has 0 spiro atoms. The van der Waals surface area contributed by atoms with Gasteiger partial charge in [-0.3, -0.25) is 14.4 Å². The Balaban J connectivity index is 1.50. The van der Waals surface area contributed by atoms with Crippen molar-refractivity contribution < 1.29 is 18.8 Å². The summed E-state index contributed by atoms with van der Waals surface area (Å²) in [6.45, 7) is 1.49. The number of benzene rings is 1. The highest BCUT2D eigenvalue weighted by Crippen LogP contribution is 2.36. The second kappa shape index (κ2) is 7.50. The molecular formula is C21H23N3O4. The summed E-state index contributed by atoms with van der Waals surface area (Å²) in [6.07, 6.45) is 6.21. The first-order valence-corrected chi connectivity index (χ1v) is 9.55. The first-order valence-electron chi connectivity index (χ1n) is 9.55. The zero-order valence-electron chi connectivity index (χ0n) is 15.5. The number of piperazine rings is 1. The van der Waals surface area contributed by atoms with Gasteiger partial charge >= 0.3 is 0 Å². The molecule has 1 aromatic heterocycles. The molecule has 146 valence electrons. The SMILES string of the molecule is NC(=O)c1ccc(C(=O)N2CCN(C(=O)c3ccoc3)CC2CC2CC2)cc1. The summed E-state index contributed by atoms with van der Waals surface area (Å²) in [6, 6.07) is 8.07. The average Bonchev–Trinajstić information content (AvgIpc) is 3.35. The van der Waals surface area contributed by atoms with E-state index in [0.29, 0.717) is 42.2 Å². The van der Waals surface area contributed by atoms with Crippen molar-refractivity contribution in [2.75, 3.05) is 19.6 Å². The van der Waals surface area contributed by atoms with Gasteiger partial charge in [0.25, 0.3) is 11.8 Å². The molecule has 1 aromatic carbocycles. The van der Waals surface area contributed by atoms with E-state index in [9.17, 15) is 14.4 Å². The van der Waals surface area contributed by atoms with Crippen LogP contribution in [0.4, 0.5) is 0 Å².